The Morgan fingerprint density at radius 1 is 1.33 bits per heavy atom. The molecule has 0 radical (unpaired) electrons. The van der Waals surface area contributed by atoms with Crippen molar-refractivity contribution in [3.05, 3.63) is 35.9 Å². The van der Waals surface area contributed by atoms with Crippen LogP contribution in [0.3, 0.4) is 0 Å². The normalized spacial score (nSPS) is 23.2. The summed E-state index contributed by atoms with van der Waals surface area (Å²) in [5.41, 5.74) is 1.33. The molecule has 1 fully saturated rings. The monoisotopic (exact) mass is 264 g/mol. The Morgan fingerprint density at radius 2 is 2.06 bits per heavy atom. The van der Waals surface area contributed by atoms with Crippen molar-refractivity contribution in [1.82, 2.24) is 0 Å². The average molecular weight is 264 g/mol. The molecule has 0 aliphatic carbocycles. The fourth-order valence-corrected chi connectivity index (χ4v) is 2.98. The van der Waals surface area contributed by atoms with Crippen molar-refractivity contribution in [2.75, 3.05) is 13.7 Å². The van der Waals surface area contributed by atoms with Crippen LogP contribution in [0.1, 0.15) is 25.8 Å². The van der Waals surface area contributed by atoms with E-state index in [4.69, 9.17) is 9.47 Å². The third-order valence-corrected chi connectivity index (χ3v) is 4.35. The Kier molecular flexibility index (Phi) is 4.36. The van der Waals surface area contributed by atoms with Gasteiger partial charge in [-0.1, -0.05) is 32.1 Å². The molecule has 0 bridgehead atoms. The molecule has 3 heteroatoms. The molecule has 1 aliphatic heterocycles. The molecule has 2 nitrogen and oxygen atoms in total. The van der Waals surface area contributed by atoms with E-state index in [1.54, 1.807) is 7.11 Å². The quantitative estimate of drug-likeness (QED) is 0.823. The first-order valence-corrected chi connectivity index (χ1v) is 7.09. The van der Waals surface area contributed by atoms with Crippen molar-refractivity contribution in [1.29, 1.82) is 0 Å². The summed E-state index contributed by atoms with van der Waals surface area (Å²) in [5, 5.41) is 0. The van der Waals surface area contributed by atoms with Gasteiger partial charge in [-0.2, -0.15) is 0 Å². The summed E-state index contributed by atoms with van der Waals surface area (Å²) in [4.78, 5) is 0. The van der Waals surface area contributed by atoms with Crippen LogP contribution in [-0.2, 0) is 4.74 Å². The fraction of sp³-hybridized carbons (Fsp3) is 0.467. The van der Waals surface area contributed by atoms with Crippen molar-refractivity contribution in [3.63, 3.8) is 0 Å². The maximum Gasteiger partial charge on any atom is 0.122 e. The lowest BCUT2D eigenvalue weighted by Gasteiger charge is -2.33. The van der Waals surface area contributed by atoms with Gasteiger partial charge in [0.2, 0.25) is 0 Å². The number of methoxy groups -OCH3 is 1. The molecule has 1 atom stereocenters. The van der Waals surface area contributed by atoms with Gasteiger partial charge in [-0.15, -0.1) is 11.8 Å². The summed E-state index contributed by atoms with van der Waals surface area (Å²) in [6.07, 6.45) is 5.36. The minimum Gasteiger partial charge on any atom is -0.497 e. The molecule has 0 N–H and O–H groups in total. The van der Waals surface area contributed by atoms with Gasteiger partial charge in [0, 0.05) is 11.4 Å². The number of hydrogen-bond acceptors (Lipinski definition) is 3. The van der Waals surface area contributed by atoms with Gasteiger partial charge in [-0.25, -0.2) is 0 Å². The molecule has 1 aromatic carbocycles. The van der Waals surface area contributed by atoms with Gasteiger partial charge < -0.3 is 9.47 Å². The summed E-state index contributed by atoms with van der Waals surface area (Å²) in [7, 11) is 1.68. The molecule has 98 valence electrons. The lowest BCUT2D eigenvalue weighted by atomic mass is 10.1. The molecule has 0 aromatic heterocycles. The Balaban J connectivity index is 1.97. The zero-order chi connectivity index (χ0) is 13.0. The first-order valence-electron chi connectivity index (χ1n) is 6.21. The Labute approximate surface area is 113 Å². The molecular weight excluding hydrogens is 244 g/mol. The summed E-state index contributed by atoms with van der Waals surface area (Å²) in [5.74, 6) is 0.886. The Morgan fingerprint density at radius 3 is 2.67 bits per heavy atom. The van der Waals surface area contributed by atoms with Gasteiger partial charge >= 0.3 is 0 Å². The summed E-state index contributed by atoms with van der Waals surface area (Å²) >= 11 is 1.88. The van der Waals surface area contributed by atoms with Crippen molar-refractivity contribution in [2.24, 2.45) is 0 Å². The first kappa shape index (κ1) is 13.5. The average Bonchev–Trinajstić information content (AvgIpc) is 2.36. The van der Waals surface area contributed by atoms with Crippen LogP contribution in [0.5, 0.6) is 5.75 Å². The van der Waals surface area contributed by atoms with Crippen LogP contribution >= 0.6 is 11.8 Å². The molecule has 2 rings (SSSR count). The standard InChI is InChI=1S/C15H20O2S/c1-15(2)10-11-17-14(18-15)9-6-12-4-7-13(16-3)8-5-12/h4-9,14H,10-11H2,1-3H3/b9-6+. The predicted molar refractivity (Wildman–Crippen MR) is 78.1 cm³/mol. The summed E-state index contributed by atoms with van der Waals surface area (Å²) in [6, 6.07) is 8.04. The number of rotatable bonds is 3. The van der Waals surface area contributed by atoms with E-state index in [-0.39, 0.29) is 5.44 Å². The smallest absolute Gasteiger partial charge is 0.122 e. The van der Waals surface area contributed by atoms with Gasteiger partial charge in [0.15, 0.2) is 0 Å². The van der Waals surface area contributed by atoms with E-state index >= 15 is 0 Å². The fourth-order valence-electron chi connectivity index (χ4n) is 1.83. The van der Waals surface area contributed by atoms with Crippen LogP contribution in [-0.4, -0.2) is 23.9 Å². The van der Waals surface area contributed by atoms with E-state index in [2.05, 4.69) is 26.0 Å². The van der Waals surface area contributed by atoms with Crippen molar-refractivity contribution < 1.29 is 9.47 Å². The molecule has 1 aliphatic rings. The van der Waals surface area contributed by atoms with Crippen LogP contribution in [0.4, 0.5) is 0 Å². The number of thioether (sulfide) groups is 1. The largest absolute Gasteiger partial charge is 0.497 e. The molecular formula is C15H20O2S. The Bertz CT molecular complexity index is 409. The zero-order valence-electron chi connectivity index (χ0n) is 11.2. The van der Waals surface area contributed by atoms with Crippen molar-refractivity contribution >= 4 is 17.8 Å². The van der Waals surface area contributed by atoms with Gasteiger partial charge in [-0.05, 0) is 30.2 Å². The van der Waals surface area contributed by atoms with Crippen LogP contribution in [0.2, 0.25) is 0 Å². The number of benzene rings is 1. The summed E-state index contributed by atoms with van der Waals surface area (Å²) < 4.78 is 11.2. The third kappa shape index (κ3) is 3.79. The van der Waals surface area contributed by atoms with Crippen LogP contribution in [0.25, 0.3) is 6.08 Å². The van der Waals surface area contributed by atoms with Gasteiger partial charge in [0.05, 0.1) is 7.11 Å². The first-order chi connectivity index (χ1) is 8.59. The second kappa shape index (κ2) is 5.81. The topological polar surface area (TPSA) is 18.5 Å². The number of ether oxygens (including phenoxy) is 2. The van der Waals surface area contributed by atoms with Gasteiger partial charge in [-0.3, -0.25) is 0 Å². The molecule has 1 aromatic rings. The highest BCUT2D eigenvalue weighted by molar-refractivity contribution is 8.01. The van der Waals surface area contributed by atoms with E-state index in [0.29, 0.717) is 4.75 Å². The lowest BCUT2D eigenvalue weighted by Crippen LogP contribution is -2.28. The lowest BCUT2D eigenvalue weighted by molar-refractivity contribution is 0.119. The molecule has 0 amide bonds. The van der Waals surface area contributed by atoms with Crippen LogP contribution < -0.4 is 4.74 Å². The highest BCUT2D eigenvalue weighted by atomic mass is 32.2. The molecule has 1 unspecified atom stereocenters. The summed E-state index contributed by atoms with van der Waals surface area (Å²) in [6.45, 7) is 5.39. The van der Waals surface area contributed by atoms with E-state index in [1.165, 1.54) is 5.56 Å². The minimum atomic E-state index is 0.163. The highest BCUT2D eigenvalue weighted by Gasteiger charge is 2.27. The molecule has 1 heterocycles. The predicted octanol–water partition coefficient (Wildman–Crippen LogP) is 3.97. The Hall–Kier alpha value is -0.930. The SMILES string of the molecule is COc1ccc(/C=C/C2OCCC(C)(C)S2)cc1. The minimum absolute atomic E-state index is 0.163. The van der Waals surface area contributed by atoms with E-state index in [0.717, 1.165) is 18.8 Å². The highest BCUT2D eigenvalue weighted by Crippen LogP contribution is 2.37. The van der Waals surface area contributed by atoms with Crippen molar-refractivity contribution in [2.45, 2.75) is 30.5 Å². The van der Waals surface area contributed by atoms with Crippen LogP contribution in [0, 0.1) is 0 Å². The van der Waals surface area contributed by atoms with E-state index in [1.807, 2.05) is 36.0 Å². The maximum atomic E-state index is 5.73. The second-order valence-electron chi connectivity index (χ2n) is 5.00. The van der Waals surface area contributed by atoms with Gasteiger partial charge in [0.25, 0.3) is 0 Å². The van der Waals surface area contributed by atoms with E-state index < -0.39 is 0 Å². The van der Waals surface area contributed by atoms with Crippen LogP contribution in [0.15, 0.2) is 30.3 Å². The third-order valence-electron chi connectivity index (χ3n) is 2.98. The second-order valence-corrected chi connectivity index (χ2v) is 6.80. The van der Waals surface area contributed by atoms with E-state index in [9.17, 15) is 0 Å². The number of hydrogen-bond donors (Lipinski definition) is 0. The van der Waals surface area contributed by atoms with Gasteiger partial charge in [0.1, 0.15) is 11.2 Å². The zero-order valence-corrected chi connectivity index (χ0v) is 12.0. The molecule has 1 saturated heterocycles. The maximum absolute atomic E-state index is 5.73. The molecule has 18 heavy (non-hydrogen) atoms. The molecule has 0 saturated carbocycles. The van der Waals surface area contributed by atoms with Crippen molar-refractivity contribution in [3.8, 4) is 5.75 Å². The molecule has 0 spiro atoms.